The smallest absolute Gasteiger partial charge is 0.228 e. The van der Waals surface area contributed by atoms with Crippen molar-refractivity contribution in [1.82, 2.24) is 20.4 Å². The number of hydrogen-bond acceptors (Lipinski definition) is 5. The van der Waals surface area contributed by atoms with Gasteiger partial charge in [0.25, 0.3) is 0 Å². The van der Waals surface area contributed by atoms with Crippen molar-refractivity contribution in [3.8, 4) is 11.4 Å². The third kappa shape index (κ3) is 6.05. The number of hydrogen-bond donors (Lipinski definition) is 1. The fraction of sp³-hybridized carbons (Fsp3) is 0.500. The Morgan fingerprint density at radius 1 is 1.48 bits per heavy atom. The third-order valence-electron chi connectivity index (χ3n) is 4.37. The van der Waals surface area contributed by atoms with E-state index in [1.165, 1.54) is 0 Å². The molecule has 0 bridgehead atoms. The SMILES string of the molecule is CN=C(NCCc1nc(-c2cccc(Cl)c2)no1)N1CCC(COC)C1.I. The Balaban J connectivity index is 0.00000261. The second-order valence-corrected chi connectivity index (χ2v) is 6.74. The molecule has 0 spiro atoms. The quantitative estimate of drug-likeness (QED) is 0.369. The Kier molecular flexibility index (Phi) is 8.78. The van der Waals surface area contributed by atoms with Crippen molar-refractivity contribution >= 4 is 41.5 Å². The normalized spacial score (nSPS) is 17.1. The summed E-state index contributed by atoms with van der Waals surface area (Å²) in [5.41, 5.74) is 0.845. The van der Waals surface area contributed by atoms with E-state index in [-0.39, 0.29) is 24.0 Å². The summed E-state index contributed by atoms with van der Waals surface area (Å²) in [7, 11) is 3.55. The van der Waals surface area contributed by atoms with E-state index in [2.05, 4.69) is 25.3 Å². The number of ether oxygens (including phenoxy) is 1. The van der Waals surface area contributed by atoms with Crippen LogP contribution in [0.4, 0.5) is 0 Å². The molecule has 3 rings (SSSR count). The Hall–Kier alpha value is -1.39. The molecule has 2 heterocycles. The third-order valence-corrected chi connectivity index (χ3v) is 4.61. The molecule has 7 nitrogen and oxygen atoms in total. The molecule has 0 radical (unpaired) electrons. The van der Waals surface area contributed by atoms with Gasteiger partial charge in [0, 0.05) is 56.7 Å². The van der Waals surface area contributed by atoms with E-state index < -0.39 is 0 Å². The number of likely N-dealkylation sites (tertiary alicyclic amines) is 1. The van der Waals surface area contributed by atoms with E-state index >= 15 is 0 Å². The summed E-state index contributed by atoms with van der Waals surface area (Å²) in [6, 6.07) is 7.41. The zero-order valence-electron chi connectivity index (χ0n) is 15.5. The lowest BCUT2D eigenvalue weighted by Gasteiger charge is -2.21. The molecule has 0 saturated carbocycles. The number of nitrogens with one attached hydrogen (secondary N) is 1. The first-order valence-corrected chi connectivity index (χ1v) is 9.10. The van der Waals surface area contributed by atoms with Gasteiger partial charge >= 0.3 is 0 Å². The number of guanidine groups is 1. The maximum atomic E-state index is 6.01. The lowest BCUT2D eigenvalue weighted by Crippen LogP contribution is -2.41. The molecule has 27 heavy (non-hydrogen) atoms. The molecule has 1 aromatic carbocycles. The summed E-state index contributed by atoms with van der Waals surface area (Å²) in [6.45, 7) is 3.43. The Labute approximate surface area is 181 Å². The van der Waals surface area contributed by atoms with E-state index in [4.69, 9.17) is 20.9 Å². The predicted molar refractivity (Wildman–Crippen MR) is 117 cm³/mol. The molecule has 1 aliphatic heterocycles. The van der Waals surface area contributed by atoms with Gasteiger partial charge in [0.2, 0.25) is 11.7 Å². The van der Waals surface area contributed by atoms with Crippen molar-refractivity contribution in [1.29, 1.82) is 0 Å². The summed E-state index contributed by atoms with van der Waals surface area (Å²) < 4.78 is 10.6. The average Bonchev–Trinajstić information content (AvgIpc) is 3.29. The number of halogens is 2. The van der Waals surface area contributed by atoms with Crippen LogP contribution in [0.5, 0.6) is 0 Å². The number of aromatic nitrogens is 2. The summed E-state index contributed by atoms with van der Waals surface area (Å²) >= 11 is 6.01. The largest absolute Gasteiger partial charge is 0.384 e. The van der Waals surface area contributed by atoms with Crippen molar-refractivity contribution in [2.45, 2.75) is 12.8 Å². The molecular formula is C18H25ClIN5O2. The number of rotatable bonds is 6. The van der Waals surface area contributed by atoms with Gasteiger partial charge in [-0.3, -0.25) is 4.99 Å². The maximum absolute atomic E-state index is 6.01. The zero-order valence-corrected chi connectivity index (χ0v) is 18.6. The van der Waals surface area contributed by atoms with Crippen LogP contribution in [-0.4, -0.2) is 61.4 Å². The predicted octanol–water partition coefficient (Wildman–Crippen LogP) is 3.09. The summed E-state index contributed by atoms with van der Waals surface area (Å²) in [5.74, 6) is 2.60. The van der Waals surface area contributed by atoms with Crippen LogP contribution in [-0.2, 0) is 11.2 Å². The van der Waals surface area contributed by atoms with Gasteiger partial charge in [0.15, 0.2) is 5.96 Å². The van der Waals surface area contributed by atoms with Crippen LogP contribution >= 0.6 is 35.6 Å². The van der Waals surface area contributed by atoms with Crippen molar-refractivity contribution in [3.63, 3.8) is 0 Å². The molecule has 0 amide bonds. The minimum Gasteiger partial charge on any atom is -0.384 e. The highest BCUT2D eigenvalue weighted by molar-refractivity contribution is 14.0. The van der Waals surface area contributed by atoms with Crippen LogP contribution in [0.1, 0.15) is 12.3 Å². The molecule has 1 saturated heterocycles. The summed E-state index contributed by atoms with van der Waals surface area (Å²) in [4.78, 5) is 11.1. The first-order valence-electron chi connectivity index (χ1n) is 8.72. The van der Waals surface area contributed by atoms with Gasteiger partial charge in [-0.2, -0.15) is 4.98 Å². The van der Waals surface area contributed by atoms with Gasteiger partial charge in [-0.15, -0.1) is 24.0 Å². The van der Waals surface area contributed by atoms with Crippen LogP contribution in [0.2, 0.25) is 5.02 Å². The van der Waals surface area contributed by atoms with Crippen LogP contribution in [0.15, 0.2) is 33.8 Å². The van der Waals surface area contributed by atoms with Crippen molar-refractivity contribution < 1.29 is 9.26 Å². The molecule has 1 fully saturated rings. The Bertz CT molecular complexity index is 755. The highest BCUT2D eigenvalue weighted by atomic mass is 127. The van der Waals surface area contributed by atoms with Gasteiger partial charge in [-0.05, 0) is 18.6 Å². The van der Waals surface area contributed by atoms with Crippen molar-refractivity contribution in [2.24, 2.45) is 10.9 Å². The summed E-state index contributed by atoms with van der Waals surface area (Å²) in [5, 5.41) is 8.04. The minimum atomic E-state index is 0. The second-order valence-electron chi connectivity index (χ2n) is 6.30. The lowest BCUT2D eigenvalue weighted by atomic mass is 10.1. The van der Waals surface area contributed by atoms with E-state index in [1.807, 2.05) is 24.3 Å². The van der Waals surface area contributed by atoms with Crippen molar-refractivity contribution in [3.05, 3.63) is 35.2 Å². The fourth-order valence-corrected chi connectivity index (χ4v) is 3.30. The molecule has 1 N–H and O–H groups in total. The molecular weight excluding hydrogens is 481 g/mol. The number of methoxy groups -OCH3 is 1. The highest BCUT2D eigenvalue weighted by Crippen LogP contribution is 2.20. The Morgan fingerprint density at radius 3 is 3.07 bits per heavy atom. The first kappa shape index (κ1) is 21.9. The molecule has 148 valence electrons. The molecule has 0 aliphatic carbocycles. The Morgan fingerprint density at radius 2 is 2.33 bits per heavy atom. The first-order chi connectivity index (χ1) is 12.7. The number of benzene rings is 1. The second kappa shape index (κ2) is 10.8. The van der Waals surface area contributed by atoms with Crippen LogP contribution < -0.4 is 5.32 Å². The molecule has 9 heteroatoms. The standard InChI is InChI=1S/C18H24ClN5O2.HI/c1-20-18(24-9-7-13(11-24)12-25-2)21-8-6-16-22-17(23-26-16)14-4-3-5-15(19)10-14;/h3-5,10,13H,6-9,11-12H2,1-2H3,(H,20,21);1H. The topological polar surface area (TPSA) is 75.8 Å². The number of aliphatic imine (C=N–C) groups is 1. The molecule has 1 aromatic heterocycles. The van der Waals surface area contributed by atoms with E-state index in [0.717, 1.165) is 37.6 Å². The highest BCUT2D eigenvalue weighted by Gasteiger charge is 2.24. The molecule has 1 aliphatic rings. The minimum absolute atomic E-state index is 0. The van der Waals surface area contributed by atoms with Crippen molar-refractivity contribution in [2.75, 3.05) is 40.4 Å². The van der Waals surface area contributed by atoms with E-state index in [0.29, 0.717) is 35.6 Å². The van der Waals surface area contributed by atoms with Gasteiger partial charge in [0.05, 0.1) is 6.61 Å². The zero-order chi connectivity index (χ0) is 18.4. The van der Waals surface area contributed by atoms with Crippen LogP contribution in [0.3, 0.4) is 0 Å². The van der Waals surface area contributed by atoms with E-state index in [1.54, 1.807) is 14.2 Å². The average molecular weight is 506 g/mol. The van der Waals surface area contributed by atoms with Gasteiger partial charge in [-0.1, -0.05) is 28.9 Å². The van der Waals surface area contributed by atoms with Crippen LogP contribution in [0, 0.1) is 5.92 Å². The van der Waals surface area contributed by atoms with Gasteiger partial charge < -0.3 is 19.5 Å². The van der Waals surface area contributed by atoms with Crippen LogP contribution in [0.25, 0.3) is 11.4 Å². The number of nitrogens with zero attached hydrogens (tertiary/aromatic N) is 4. The monoisotopic (exact) mass is 505 g/mol. The molecule has 1 atom stereocenters. The molecule has 2 aromatic rings. The van der Waals surface area contributed by atoms with E-state index in [9.17, 15) is 0 Å². The fourth-order valence-electron chi connectivity index (χ4n) is 3.11. The van der Waals surface area contributed by atoms with Gasteiger partial charge in [0.1, 0.15) is 0 Å². The molecule has 1 unspecified atom stereocenters. The summed E-state index contributed by atoms with van der Waals surface area (Å²) in [6.07, 6.45) is 1.75. The maximum Gasteiger partial charge on any atom is 0.228 e. The van der Waals surface area contributed by atoms with Gasteiger partial charge in [-0.25, -0.2) is 0 Å². The lowest BCUT2D eigenvalue weighted by molar-refractivity contribution is 0.157.